The smallest absolute Gasteiger partial charge is 0.408 e. The Hall–Kier alpha value is -4.33. The van der Waals surface area contributed by atoms with E-state index >= 15 is 0 Å². The molecule has 0 aliphatic rings. The van der Waals surface area contributed by atoms with Gasteiger partial charge in [-0.25, -0.2) is 9.59 Å². The van der Waals surface area contributed by atoms with E-state index in [4.69, 9.17) is 14.2 Å². The van der Waals surface area contributed by atoms with Crippen LogP contribution in [0.1, 0.15) is 68.9 Å². The summed E-state index contributed by atoms with van der Waals surface area (Å²) in [4.78, 5) is 38.4. The highest BCUT2D eigenvalue weighted by molar-refractivity contribution is 6.01. The van der Waals surface area contributed by atoms with Crippen molar-refractivity contribution in [3.05, 3.63) is 83.9 Å². The van der Waals surface area contributed by atoms with E-state index in [2.05, 4.69) is 10.6 Å². The molecule has 3 aromatic carbocycles. The van der Waals surface area contributed by atoms with E-state index < -0.39 is 23.7 Å². The first-order chi connectivity index (χ1) is 19.1. The monoisotopic (exact) mass is 546 g/mol. The van der Waals surface area contributed by atoms with Crippen LogP contribution in [0.2, 0.25) is 0 Å². The molecule has 0 spiro atoms. The van der Waals surface area contributed by atoms with E-state index in [9.17, 15) is 14.4 Å². The van der Waals surface area contributed by atoms with E-state index in [0.717, 1.165) is 35.3 Å². The molecule has 8 nitrogen and oxygen atoms in total. The number of carbonyl (C=O) groups excluding carboxylic acids is 3. The molecule has 3 aromatic rings. The Kier molecular flexibility index (Phi) is 10.7. The number of hydrogen-bond donors (Lipinski definition) is 2. The van der Waals surface area contributed by atoms with Gasteiger partial charge in [-0.3, -0.25) is 4.79 Å². The van der Waals surface area contributed by atoms with Crippen molar-refractivity contribution in [2.75, 3.05) is 19.0 Å². The molecule has 0 aromatic heterocycles. The second kappa shape index (κ2) is 14.2. The molecule has 40 heavy (non-hydrogen) atoms. The van der Waals surface area contributed by atoms with Gasteiger partial charge in [0.2, 0.25) is 5.91 Å². The normalized spacial score (nSPS) is 11.7. The summed E-state index contributed by atoms with van der Waals surface area (Å²) >= 11 is 0. The number of carbonyl (C=O) groups is 3. The van der Waals surface area contributed by atoms with Gasteiger partial charge >= 0.3 is 12.1 Å². The van der Waals surface area contributed by atoms with E-state index in [1.54, 1.807) is 52.1 Å². The van der Waals surface area contributed by atoms with Gasteiger partial charge in [0, 0.05) is 0 Å². The van der Waals surface area contributed by atoms with Crippen LogP contribution in [0.15, 0.2) is 72.8 Å². The summed E-state index contributed by atoms with van der Waals surface area (Å²) in [6.07, 6.45) is 0.943. The van der Waals surface area contributed by atoms with Gasteiger partial charge in [-0.15, -0.1) is 0 Å². The topological polar surface area (TPSA) is 103 Å². The highest BCUT2D eigenvalue weighted by Crippen LogP contribution is 2.26. The van der Waals surface area contributed by atoms with Crippen molar-refractivity contribution in [3.63, 3.8) is 0 Å². The molecule has 2 amide bonds. The molecule has 0 fully saturated rings. The largest absolute Gasteiger partial charge is 0.497 e. The van der Waals surface area contributed by atoms with Crippen molar-refractivity contribution in [3.8, 4) is 16.9 Å². The Morgan fingerprint density at radius 3 is 2.10 bits per heavy atom. The fraction of sp³-hybridized carbons (Fsp3) is 0.344. The zero-order valence-corrected chi connectivity index (χ0v) is 23.8. The summed E-state index contributed by atoms with van der Waals surface area (Å²) in [7, 11) is 1.62. The Morgan fingerprint density at radius 2 is 1.50 bits per heavy atom. The minimum Gasteiger partial charge on any atom is -0.497 e. The van der Waals surface area contributed by atoms with Crippen molar-refractivity contribution < 1.29 is 28.6 Å². The lowest BCUT2D eigenvalue weighted by atomic mass is 9.98. The molecule has 0 aliphatic carbocycles. The molecule has 0 saturated carbocycles. The molecule has 0 bridgehead atoms. The maximum absolute atomic E-state index is 13.2. The number of nitrogens with one attached hydrogen (secondary N) is 2. The number of methoxy groups -OCH3 is 1. The predicted molar refractivity (Wildman–Crippen MR) is 155 cm³/mol. The van der Waals surface area contributed by atoms with Crippen LogP contribution in [-0.2, 0) is 14.3 Å². The van der Waals surface area contributed by atoms with Crippen LogP contribution in [0.5, 0.6) is 5.75 Å². The highest BCUT2D eigenvalue weighted by atomic mass is 16.6. The van der Waals surface area contributed by atoms with Gasteiger partial charge in [0.1, 0.15) is 11.4 Å². The summed E-state index contributed by atoms with van der Waals surface area (Å²) in [5.41, 5.74) is 2.62. The minimum absolute atomic E-state index is 0.0830. The summed E-state index contributed by atoms with van der Waals surface area (Å²) in [6, 6.07) is 21.3. The Morgan fingerprint density at radius 1 is 0.875 bits per heavy atom. The zero-order chi connectivity index (χ0) is 29.1. The van der Waals surface area contributed by atoms with Crippen molar-refractivity contribution in [2.24, 2.45) is 0 Å². The zero-order valence-electron chi connectivity index (χ0n) is 23.8. The summed E-state index contributed by atoms with van der Waals surface area (Å²) in [6.45, 7) is 7.64. The predicted octanol–water partition coefficient (Wildman–Crippen LogP) is 6.91. The number of para-hydroxylation sites is 1. The Bertz CT molecular complexity index is 1280. The van der Waals surface area contributed by atoms with Crippen molar-refractivity contribution in [1.82, 2.24) is 5.32 Å². The molecule has 1 atom stereocenters. The summed E-state index contributed by atoms with van der Waals surface area (Å²) < 4.78 is 16.0. The SMILES string of the molecule is CCCCOC(=O)c1ccccc1NC(=O)CC(NC(=O)OC(C)(C)C)c1ccc(-c2ccc(OC)cc2)cc1. The summed E-state index contributed by atoms with van der Waals surface area (Å²) in [5.74, 6) is -0.111. The van der Waals surface area contributed by atoms with Crippen LogP contribution < -0.4 is 15.4 Å². The Balaban J connectivity index is 1.79. The lowest BCUT2D eigenvalue weighted by Crippen LogP contribution is -2.36. The van der Waals surface area contributed by atoms with Gasteiger partial charge in [-0.05, 0) is 68.1 Å². The maximum Gasteiger partial charge on any atom is 0.408 e. The van der Waals surface area contributed by atoms with E-state index in [1.165, 1.54) is 0 Å². The number of benzene rings is 3. The lowest BCUT2D eigenvalue weighted by molar-refractivity contribution is -0.116. The first-order valence-corrected chi connectivity index (χ1v) is 13.4. The second-order valence-corrected chi connectivity index (χ2v) is 10.3. The van der Waals surface area contributed by atoms with Crippen LogP contribution in [0.4, 0.5) is 10.5 Å². The third-order valence-electron chi connectivity index (χ3n) is 5.97. The van der Waals surface area contributed by atoms with Gasteiger partial charge in [-0.2, -0.15) is 0 Å². The van der Waals surface area contributed by atoms with Crippen LogP contribution in [0.3, 0.4) is 0 Å². The first-order valence-electron chi connectivity index (χ1n) is 13.4. The minimum atomic E-state index is -0.702. The number of esters is 1. The number of unbranched alkanes of at least 4 members (excludes halogenated alkanes) is 1. The van der Waals surface area contributed by atoms with Crippen LogP contribution >= 0.6 is 0 Å². The number of alkyl carbamates (subject to hydrolysis) is 1. The van der Waals surface area contributed by atoms with Gasteiger partial charge in [-0.1, -0.05) is 61.9 Å². The van der Waals surface area contributed by atoms with E-state index in [-0.39, 0.29) is 17.9 Å². The number of rotatable bonds is 11. The molecule has 0 radical (unpaired) electrons. The maximum atomic E-state index is 13.2. The third kappa shape index (κ3) is 9.15. The molecule has 0 heterocycles. The summed E-state index contributed by atoms with van der Waals surface area (Å²) in [5, 5.41) is 5.63. The van der Waals surface area contributed by atoms with Crippen LogP contribution in [-0.4, -0.2) is 37.3 Å². The Labute approximate surface area is 236 Å². The fourth-order valence-electron chi connectivity index (χ4n) is 3.94. The van der Waals surface area contributed by atoms with Gasteiger partial charge in [0.05, 0.1) is 37.4 Å². The van der Waals surface area contributed by atoms with Crippen LogP contribution in [0.25, 0.3) is 11.1 Å². The van der Waals surface area contributed by atoms with Gasteiger partial charge < -0.3 is 24.8 Å². The van der Waals surface area contributed by atoms with Gasteiger partial charge in [0.25, 0.3) is 0 Å². The molecule has 8 heteroatoms. The van der Waals surface area contributed by atoms with E-state index in [0.29, 0.717) is 12.3 Å². The molecular formula is C32H38N2O6. The number of amides is 2. The highest BCUT2D eigenvalue weighted by Gasteiger charge is 2.24. The number of hydrogen-bond acceptors (Lipinski definition) is 6. The number of anilines is 1. The molecule has 3 rings (SSSR count). The lowest BCUT2D eigenvalue weighted by Gasteiger charge is -2.24. The molecule has 2 N–H and O–H groups in total. The van der Waals surface area contributed by atoms with Crippen molar-refractivity contribution in [2.45, 2.75) is 58.6 Å². The average Bonchev–Trinajstić information content (AvgIpc) is 2.92. The molecule has 0 saturated heterocycles. The van der Waals surface area contributed by atoms with Crippen molar-refractivity contribution >= 4 is 23.7 Å². The van der Waals surface area contributed by atoms with E-state index in [1.807, 2.05) is 55.5 Å². The first kappa shape index (κ1) is 30.2. The van der Waals surface area contributed by atoms with Crippen molar-refractivity contribution in [1.29, 1.82) is 0 Å². The molecule has 0 aliphatic heterocycles. The quantitative estimate of drug-likeness (QED) is 0.200. The molecule has 212 valence electrons. The average molecular weight is 547 g/mol. The van der Waals surface area contributed by atoms with Gasteiger partial charge in [0.15, 0.2) is 0 Å². The molecular weight excluding hydrogens is 508 g/mol. The number of ether oxygens (including phenoxy) is 3. The second-order valence-electron chi connectivity index (χ2n) is 10.3. The molecule has 1 unspecified atom stereocenters. The third-order valence-corrected chi connectivity index (χ3v) is 5.97. The standard InChI is InChI=1S/C32H38N2O6/c1-6-7-20-39-30(36)26-10-8-9-11-27(26)33-29(35)21-28(34-31(37)40-32(2,3)4)24-14-12-22(13-15-24)23-16-18-25(38-5)19-17-23/h8-19,28H,6-7,20-21H2,1-5H3,(H,33,35)(H,34,37). The fourth-order valence-corrected chi connectivity index (χ4v) is 3.94. The van der Waals surface area contributed by atoms with Crippen LogP contribution in [0, 0.1) is 0 Å².